The van der Waals surface area contributed by atoms with Crippen LogP contribution >= 0.6 is 0 Å². The molecule has 2 rings (SSSR count). The molecule has 0 fully saturated rings. The lowest BCUT2D eigenvalue weighted by atomic mass is 10.1. The minimum Gasteiger partial charge on any atom is -0.504 e. The first kappa shape index (κ1) is 21.8. The average molecular weight is 394 g/mol. The molecule has 0 saturated heterocycles. The van der Waals surface area contributed by atoms with E-state index in [9.17, 15) is 14.7 Å². The van der Waals surface area contributed by atoms with Crippen LogP contribution in [0.15, 0.2) is 54.2 Å². The van der Waals surface area contributed by atoms with Gasteiger partial charge in [0.2, 0.25) is 5.91 Å². The fourth-order valence-corrected chi connectivity index (χ4v) is 2.47. The van der Waals surface area contributed by atoms with Crippen molar-refractivity contribution in [3.05, 3.63) is 70.9 Å². The van der Waals surface area contributed by atoms with Gasteiger partial charge in [-0.3, -0.25) is 9.59 Å². The molecule has 0 unspecified atom stereocenters. The van der Waals surface area contributed by atoms with Crippen LogP contribution in [-0.4, -0.2) is 30.6 Å². The average Bonchev–Trinajstić information content (AvgIpc) is 2.72. The van der Waals surface area contributed by atoms with Crippen LogP contribution in [0.1, 0.15) is 30.0 Å². The molecule has 0 radical (unpaired) electrons. The third-order valence-electron chi connectivity index (χ3n) is 4.06. The molecule has 0 spiro atoms. The van der Waals surface area contributed by atoms with Crippen LogP contribution < -0.4 is 15.4 Å². The number of nitrogens with one attached hydrogen (secondary N) is 2. The maximum Gasteiger partial charge on any atom is 0.267 e. The zero-order chi connectivity index (χ0) is 21.2. The van der Waals surface area contributed by atoms with Crippen molar-refractivity contribution in [3.8, 4) is 11.5 Å². The van der Waals surface area contributed by atoms with Crippen LogP contribution in [0, 0.1) is 6.92 Å². The van der Waals surface area contributed by atoms with Crippen molar-refractivity contribution in [1.82, 2.24) is 10.6 Å². The Balaban J connectivity index is 2.22. The molecule has 0 aliphatic heterocycles. The van der Waals surface area contributed by atoms with Gasteiger partial charge in [-0.05, 0) is 48.8 Å². The van der Waals surface area contributed by atoms with Gasteiger partial charge in [0.1, 0.15) is 5.70 Å². The fourth-order valence-electron chi connectivity index (χ4n) is 2.47. The summed E-state index contributed by atoms with van der Waals surface area (Å²) in [5.41, 5.74) is 2.72. The molecule has 2 aromatic carbocycles. The highest BCUT2D eigenvalue weighted by atomic mass is 16.5. The molecule has 3 N–H and O–H groups in total. The number of benzene rings is 2. The molecule has 2 aromatic rings. The number of hydrogen-bond donors (Lipinski definition) is 3. The first-order valence-electron chi connectivity index (χ1n) is 9.35. The van der Waals surface area contributed by atoms with Gasteiger partial charge in [-0.15, -0.1) is 0 Å². The highest BCUT2D eigenvalue weighted by Gasteiger charge is 2.12. The Hall–Kier alpha value is -3.54. The van der Waals surface area contributed by atoms with E-state index in [-0.39, 0.29) is 17.2 Å². The van der Waals surface area contributed by atoms with Gasteiger partial charge in [-0.25, -0.2) is 0 Å². The summed E-state index contributed by atoms with van der Waals surface area (Å²) in [6.45, 7) is 4.42. The second kappa shape index (κ2) is 10.7. The zero-order valence-corrected chi connectivity index (χ0v) is 16.9. The molecule has 0 aliphatic carbocycles. The Labute approximate surface area is 170 Å². The van der Waals surface area contributed by atoms with Gasteiger partial charge in [0.05, 0.1) is 7.11 Å². The Morgan fingerprint density at radius 3 is 2.45 bits per heavy atom. The number of carbonyl (C=O) groups excluding carboxylic acids is 2. The van der Waals surface area contributed by atoms with Crippen LogP contribution in [0.3, 0.4) is 0 Å². The minimum absolute atomic E-state index is 0.00768. The number of methoxy groups -OCH3 is 1. The van der Waals surface area contributed by atoms with E-state index in [1.165, 1.54) is 25.3 Å². The number of phenolic OH excluding ortho intramolecular Hbond substituents is 1. The number of carbonyl (C=O) groups is 2. The summed E-state index contributed by atoms with van der Waals surface area (Å²) in [5.74, 6) is -0.547. The maximum atomic E-state index is 12.5. The van der Waals surface area contributed by atoms with Crippen LogP contribution in [-0.2, 0) is 9.59 Å². The van der Waals surface area contributed by atoms with E-state index < -0.39 is 11.8 Å². The third-order valence-corrected chi connectivity index (χ3v) is 4.06. The van der Waals surface area contributed by atoms with Crippen molar-refractivity contribution in [3.63, 3.8) is 0 Å². The van der Waals surface area contributed by atoms with Crippen molar-refractivity contribution >= 4 is 24.0 Å². The van der Waals surface area contributed by atoms with Crippen molar-refractivity contribution in [2.45, 2.75) is 20.3 Å². The Morgan fingerprint density at radius 1 is 1.10 bits per heavy atom. The second-order valence-electron chi connectivity index (χ2n) is 6.48. The predicted molar refractivity (Wildman–Crippen MR) is 114 cm³/mol. The van der Waals surface area contributed by atoms with Crippen LogP contribution in [0.25, 0.3) is 12.2 Å². The normalized spacial score (nSPS) is 11.3. The van der Waals surface area contributed by atoms with Crippen LogP contribution in [0.2, 0.25) is 0 Å². The Morgan fingerprint density at radius 2 is 1.79 bits per heavy atom. The molecule has 0 heterocycles. The van der Waals surface area contributed by atoms with Gasteiger partial charge in [-0.2, -0.15) is 0 Å². The highest BCUT2D eigenvalue weighted by molar-refractivity contribution is 6.04. The summed E-state index contributed by atoms with van der Waals surface area (Å²) in [4.78, 5) is 24.8. The molecule has 0 aromatic heterocycles. The number of aryl methyl sites for hydroxylation is 1. The van der Waals surface area contributed by atoms with Gasteiger partial charge in [0.25, 0.3) is 5.91 Å². The molecule has 0 atom stereocenters. The molecular formula is C23H26N2O4. The number of hydrogen-bond acceptors (Lipinski definition) is 4. The fraction of sp³-hybridized carbons (Fsp3) is 0.217. The van der Waals surface area contributed by atoms with E-state index >= 15 is 0 Å². The first-order chi connectivity index (χ1) is 13.9. The SMILES string of the molecule is CCCNC(=O)/C(=C/c1ccc(O)c(OC)c1)NC(=O)/C=C/c1ccc(C)cc1. The van der Waals surface area contributed by atoms with Crippen molar-refractivity contribution in [2.24, 2.45) is 0 Å². The summed E-state index contributed by atoms with van der Waals surface area (Å²) in [6.07, 6.45) is 5.36. The van der Waals surface area contributed by atoms with E-state index in [0.717, 1.165) is 17.5 Å². The monoisotopic (exact) mass is 394 g/mol. The number of phenols is 1. The van der Waals surface area contributed by atoms with Crippen molar-refractivity contribution in [1.29, 1.82) is 0 Å². The molecule has 29 heavy (non-hydrogen) atoms. The van der Waals surface area contributed by atoms with Gasteiger partial charge in [0.15, 0.2) is 11.5 Å². The molecule has 6 nitrogen and oxygen atoms in total. The van der Waals surface area contributed by atoms with Gasteiger partial charge in [0, 0.05) is 12.6 Å². The molecular weight excluding hydrogens is 368 g/mol. The van der Waals surface area contributed by atoms with E-state index in [0.29, 0.717) is 12.1 Å². The standard InChI is InChI=1S/C23H26N2O4/c1-4-13-24-23(28)19(14-18-9-11-20(26)21(15-18)29-3)25-22(27)12-10-17-7-5-16(2)6-8-17/h5-12,14-15,26H,4,13H2,1-3H3,(H,24,28)(H,25,27)/b12-10+,19-14-. The third kappa shape index (κ3) is 6.84. The Kier molecular flexibility index (Phi) is 8.03. The molecule has 0 aliphatic rings. The summed E-state index contributed by atoms with van der Waals surface area (Å²) in [5, 5.41) is 15.1. The van der Waals surface area contributed by atoms with Crippen LogP contribution in [0.5, 0.6) is 11.5 Å². The van der Waals surface area contributed by atoms with E-state index in [2.05, 4.69) is 10.6 Å². The van der Waals surface area contributed by atoms with Gasteiger partial charge < -0.3 is 20.5 Å². The molecule has 2 amide bonds. The zero-order valence-electron chi connectivity index (χ0n) is 16.9. The smallest absolute Gasteiger partial charge is 0.267 e. The number of amides is 2. The van der Waals surface area contributed by atoms with Crippen LogP contribution in [0.4, 0.5) is 0 Å². The molecule has 152 valence electrons. The van der Waals surface area contributed by atoms with Gasteiger partial charge >= 0.3 is 0 Å². The predicted octanol–water partition coefficient (Wildman–Crippen LogP) is 3.41. The maximum absolute atomic E-state index is 12.5. The first-order valence-corrected chi connectivity index (χ1v) is 9.35. The topological polar surface area (TPSA) is 87.7 Å². The lowest BCUT2D eigenvalue weighted by molar-refractivity contribution is -0.121. The summed E-state index contributed by atoms with van der Waals surface area (Å²) < 4.78 is 5.09. The molecule has 6 heteroatoms. The van der Waals surface area contributed by atoms with E-state index in [1.807, 2.05) is 38.1 Å². The molecule has 0 bridgehead atoms. The second-order valence-corrected chi connectivity index (χ2v) is 6.48. The minimum atomic E-state index is -0.422. The quantitative estimate of drug-likeness (QED) is 0.599. The highest BCUT2D eigenvalue weighted by Crippen LogP contribution is 2.27. The van der Waals surface area contributed by atoms with Gasteiger partial charge in [-0.1, -0.05) is 42.8 Å². The lowest BCUT2D eigenvalue weighted by Crippen LogP contribution is -2.34. The summed E-state index contributed by atoms with van der Waals surface area (Å²) in [7, 11) is 1.44. The summed E-state index contributed by atoms with van der Waals surface area (Å²) >= 11 is 0. The molecule has 0 saturated carbocycles. The number of ether oxygens (including phenoxy) is 1. The van der Waals surface area contributed by atoms with Crippen molar-refractivity contribution in [2.75, 3.05) is 13.7 Å². The lowest BCUT2D eigenvalue weighted by Gasteiger charge is -2.10. The Bertz CT molecular complexity index is 915. The van der Waals surface area contributed by atoms with E-state index in [4.69, 9.17) is 4.74 Å². The van der Waals surface area contributed by atoms with Crippen molar-refractivity contribution < 1.29 is 19.4 Å². The number of aromatic hydroxyl groups is 1. The summed E-state index contributed by atoms with van der Waals surface area (Å²) in [6, 6.07) is 12.4. The largest absolute Gasteiger partial charge is 0.504 e. The van der Waals surface area contributed by atoms with E-state index in [1.54, 1.807) is 18.2 Å². The number of rotatable bonds is 8.